The quantitative estimate of drug-likeness (QED) is 0.906. The van der Waals surface area contributed by atoms with Crippen LogP contribution in [-0.4, -0.2) is 10.1 Å². The molecule has 0 saturated carbocycles. The van der Waals surface area contributed by atoms with Crippen molar-refractivity contribution < 1.29 is 5.11 Å². The van der Waals surface area contributed by atoms with Crippen LogP contribution in [0, 0.1) is 0 Å². The lowest BCUT2D eigenvalue weighted by molar-refractivity contribution is 0.474. The van der Waals surface area contributed by atoms with E-state index in [4.69, 9.17) is 0 Å². The van der Waals surface area contributed by atoms with Crippen LogP contribution in [0.5, 0.6) is 5.75 Å². The predicted molar refractivity (Wildman–Crippen MR) is 69.0 cm³/mol. The van der Waals surface area contributed by atoms with Crippen molar-refractivity contribution >= 4 is 28.1 Å². The Balaban J connectivity index is 2.27. The summed E-state index contributed by atoms with van der Waals surface area (Å²) in [5.41, 5.74) is 1.83. The normalized spacial score (nSPS) is 10.8. The molecule has 2 rings (SSSR count). The zero-order valence-corrected chi connectivity index (χ0v) is 10.1. The lowest BCUT2D eigenvalue weighted by Gasteiger charge is -1.99. The number of benzene rings is 1. The molecule has 80 valence electrons. The van der Waals surface area contributed by atoms with E-state index in [1.807, 2.05) is 30.4 Å². The molecule has 16 heavy (non-hydrogen) atoms. The summed E-state index contributed by atoms with van der Waals surface area (Å²) >= 11 is 3.37. The molecular formula is C13H10BrNO. The van der Waals surface area contributed by atoms with Crippen molar-refractivity contribution in [2.24, 2.45) is 0 Å². The molecule has 0 radical (unpaired) electrons. The van der Waals surface area contributed by atoms with Crippen LogP contribution in [0.25, 0.3) is 12.2 Å². The minimum atomic E-state index is 0.272. The van der Waals surface area contributed by atoms with E-state index < -0.39 is 0 Å². The van der Waals surface area contributed by atoms with E-state index in [1.54, 1.807) is 24.5 Å². The van der Waals surface area contributed by atoms with Gasteiger partial charge in [-0.25, -0.2) is 0 Å². The molecule has 0 aliphatic heterocycles. The molecule has 1 N–H and O–H groups in total. The van der Waals surface area contributed by atoms with Gasteiger partial charge in [0.05, 0.1) is 0 Å². The number of nitrogens with zero attached hydrogens (tertiary/aromatic N) is 1. The molecule has 0 unspecified atom stereocenters. The largest absolute Gasteiger partial charge is 0.507 e. The van der Waals surface area contributed by atoms with Gasteiger partial charge in [0.25, 0.3) is 0 Å². The minimum absolute atomic E-state index is 0.272. The number of hydrogen-bond donors (Lipinski definition) is 1. The zero-order chi connectivity index (χ0) is 11.4. The molecule has 0 atom stereocenters. The van der Waals surface area contributed by atoms with Crippen LogP contribution in [0.1, 0.15) is 11.1 Å². The fraction of sp³-hybridized carbons (Fsp3) is 0. The number of halogens is 1. The van der Waals surface area contributed by atoms with Gasteiger partial charge in [-0.05, 0) is 35.9 Å². The maximum absolute atomic E-state index is 9.63. The summed E-state index contributed by atoms with van der Waals surface area (Å²) < 4.78 is 0.944. The average Bonchev–Trinajstić information content (AvgIpc) is 2.32. The smallest absolute Gasteiger partial charge is 0.122 e. The molecule has 2 aromatic rings. The van der Waals surface area contributed by atoms with Crippen LogP contribution in [0.3, 0.4) is 0 Å². The fourth-order valence-corrected chi connectivity index (χ4v) is 1.70. The van der Waals surface area contributed by atoms with Crippen molar-refractivity contribution in [3.05, 3.63) is 58.3 Å². The first kappa shape index (κ1) is 10.9. The molecule has 1 heterocycles. The summed E-state index contributed by atoms with van der Waals surface area (Å²) in [6.07, 6.45) is 7.28. The first-order valence-corrected chi connectivity index (χ1v) is 5.61. The van der Waals surface area contributed by atoms with E-state index in [1.165, 1.54) is 0 Å². The highest BCUT2D eigenvalue weighted by Crippen LogP contribution is 2.23. The molecule has 3 heteroatoms. The number of rotatable bonds is 2. The van der Waals surface area contributed by atoms with Crippen LogP contribution in [0.4, 0.5) is 0 Å². The Kier molecular flexibility index (Phi) is 3.37. The average molecular weight is 276 g/mol. The summed E-state index contributed by atoms with van der Waals surface area (Å²) in [5.74, 6) is 0.272. The summed E-state index contributed by atoms with van der Waals surface area (Å²) in [6, 6.07) is 9.15. The van der Waals surface area contributed by atoms with Gasteiger partial charge in [0.15, 0.2) is 0 Å². The Bertz CT molecular complexity index is 509. The van der Waals surface area contributed by atoms with E-state index in [0.717, 1.165) is 15.6 Å². The Morgan fingerprint density at radius 1 is 1.06 bits per heavy atom. The molecule has 0 spiro atoms. The number of pyridine rings is 1. The third-order valence-corrected chi connectivity index (χ3v) is 2.64. The standard InChI is InChI=1S/C13H10BrNO/c14-12-3-4-13(16)11(9-12)2-1-10-5-7-15-8-6-10/h1-9,16H. The lowest BCUT2D eigenvalue weighted by Crippen LogP contribution is -1.76. The van der Waals surface area contributed by atoms with Crippen LogP contribution in [-0.2, 0) is 0 Å². The highest BCUT2D eigenvalue weighted by molar-refractivity contribution is 9.10. The number of aromatic nitrogens is 1. The van der Waals surface area contributed by atoms with Gasteiger partial charge >= 0.3 is 0 Å². The molecular weight excluding hydrogens is 266 g/mol. The van der Waals surface area contributed by atoms with Gasteiger partial charge in [0, 0.05) is 22.4 Å². The van der Waals surface area contributed by atoms with Crippen LogP contribution >= 0.6 is 15.9 Å². The van der Waals surface area contributed by atoms with Crippen molar-refractivity contribution in [2.75, 3.05) is 0 Å². The predicted octanol–water partition coefficient (Wildman–Crippen LogP) is 3.72. The summed E-state index contributed by atoms with van der Waals surface area (Å²) in [5, 5.41) is 9.63. The molecule has 1 aromatic carbocycles. The Morgan fingerprint density at radius 2 is 1.81 bits per heavy atom. The van der Waals surface area contributed by atoms with E-state index in [-0.39, 0.29) is 5.75 Å². The zero-order valence-electron chi connectivity index (χ0n) is 8.47. The number of phenols is 1. The molecule has 0 amide bonds. The van der Waals surface area contributed by atoms with Gasteiger partial charge in [0.2, 0.25) is 0 Å². The highest BCUT2D eigenvalue weighted by Gasteiger charge is 1.97. The second kappa shape index (κ2) is 4.94. The molecule has 0 aliphatic carbocycles. The van der Waals surface area contributed by atoms with Crippen molar-refractivity contribution in [1.29, 1.82) is 0 Å². The van der Waals surface area contributed by atoms with Gasteiger partial charge in [-0.1, -0.05) is 28.1 Å². The van der Waals surface area contributed by atoms with Crippen LogP contribution in [0.2, 0.25) is 0 Å². The number of aromatic hydroxyl groups is 1. The fourth-order valence-electron chi connectivity index (χ4n) is 1.32. The Hall–Kier alpha value is -1.61. The van der Waals surface area contributed by atoms with Gasteiger partial charge < -0.3 is 5.11 Å². The third-order valence-electron chi connectivity index (χ3n) is 2.15. The first-order chi connectivity index (χ1) is 7.75. The van der Waals surface area contributed by atoms with E-state index >= 15 is 0 Å². The Morgan fingerprint density at radius 3 is 2.56 bits per heavy atom. The monoisotopic (exact) mass is 275 g/mol. The molecule has 2 nitrogen and oxygen atoms in total. The van der Waals surface area contributed by atoms with Crippen molar-refractivity contribution in [3.8, 4) is 5.75 Å². The van der Waals surface area contributed by atoms with Crippen molar-refractivity contribution in [1.82, 2.24) is 4.98 Å². The number of phenolic OH excluding ortho intramolecular Hbond substituents is 1. The van der Waals surface area contributed by atoms with E-state index in [9.17, 15) is 5.11 Å². The minimum Gasteiger partial charge on any atom is -0.507 e. The van der Waals surface area contributed by atoms with Gasteiger partial charge in [-0.15, -0.1) is 0 Å². The van der Waals surface area contributed by atoms with Gasteiger partial charge in [-0.2, -0.15) is 0 Å². The molecule has 0 saturated heterocycles. The second-order valence-corrected chi connectivity index (χ2v) is 4.23. The second-order valence-electron chi connectivity index (χ2n) is 3.32. The van der Waals surface area contributed by atoms with Gasteiger partial charge in [-0.3, -0.25) is 4.98 Å². The third kappa shape index (κ3) is 2.70. The maximum atomic E-state index is 9.63. The summed E-state index contributed by atoms with van der Waals surface area (Å²) in [4.78, 5) is 3.94. The molecule has 1 aromatic heterocycles. The van der Waals surface area contributed by atoms with E-state index in [2.05, 4.69) is 20.9 Å². The SMILES string of the molecule is Oc1ccc(Br)cc1C=Cc1ccncc1. The van der Waals surface area contributed by atoms with Crippen LogP contribution < -0.4 is 0 Å². The maximum Gasteiger partial charge on any atom is 0.122 e. The van der Waals surface area contributed by atoms with E-state index in [0.29, 0.717) is 0 Å². The highest BCUT2D eigenvalue weighted by atomic mass is 79.9. The van der Waals surface area contributed by atoms with Crippen molar-refractivity contribution in [3.63, 3.8) is 0 Å². The van der Waals surface area contributed by atoms with Crippen molar-refractivity contribution in [2.45, 2.75) is 0 Å². The summed E-state index contributed by atoms with van der Waals surface area (Å²) in [6.45, 7) is 0. The first-order valence-electron chi connectivity index (χ1n) is 4.82. The Labute approximate surface area is 102 Å². The van der Waals surface area contributed by atoms with Gasteiger partial charge in [0.1, 0.15) is 5.75 Å². The number of hydrogen-bond acceptors (Lipinski definition) is 2. The summed E-state index contributed by atoms with van der Waals surface area (Å²) in [7, 11) is 0. The molecule has 0 fully saturated rings. The topological polar surface area (TPSA) is 33.1 Å². The van der Waals surface area contributed by atoms with Crippen LogP contribution in [0.15, 0.2) is 47.2 Å². The molecule has 0 aliphatic rings. The lowest BCUT2D eigenvalue weighted by atomic mass is 10.1. The molecule has 0 bridgehead atoms.